The number of aromatic nitrogens is 2. The summed E-state index contributed by atoms with van der Waals surface area (Å²) >= 11 is 6.10. The lowest BCUT2D eigenvalue weighted by atomic mass is 10.0. The molecule has 102 valence electrons. The highest BCUT2D eigenvalue weighted by atomic mass is 35.5. The van der Waals surface area contributed by atoms with E-state index in [0.29, 0.717) is 35.1 Å². The lowest BCUT2D eigenvalue weighted by molar-refractivity contribution is 0.171. The van der Waals surface area contributed by atoms with Gasteiger partial charge in [-0.3, -0.25) is 4.68 Å². The fourth-order valence-electron chi connectivity index (χ4n) is 1.91. The Morgan fingerprint density at radius 2 is 2.21 bits per heavy atom. The number of para-hydroxylation sites is 1. The van der Waals surface area contributed by atoms with Crippen molar-refractivity contribution in [3.63, 3.8) is 0 Å². The van der Waals surface area contributed by atoms with Crippen molar-refractivity contribution < 1.29 is 9.84 Å². The fourth-order valence-corrected chi connectivity index (χ4v) is 2.15. The van der Waals surface area contributed by atoms with Crippen LogP contribution < -0.4 is 5.73 Å². The summed E-state index contributed by atoms with van der Waals surface area (Å²) in [5.41, 5.74) is 7.53. The van der Waals surface area contributed by atoms with Crippen LogP contribution in [0.1, 0.15) is 17.4 Å². The summed E-state index contributed by atoms with van der Waals surface area (Å²) in [6, 6.07) is 7.14. The monoisotopic (exact) mass is 281 g/mol. The number of anilines is 1. The minimum atomic E-state index is -0.909. The average Bonchev–Trinajstić information content (AvgIpc) is 2.77. The second kappa shape index (κ2) is 6.06. The van der Waals surface area contributed by atoms with Crippen LogP contribution in [0.3, 0.4) is 0 Å². The van der Waals surface area contributed by atoms with Gasteiger partial charge in [-0.15, -0.1) is 0 Å². The van der Waals surface area contributed by atoms with Crippen LogP contribution in [0.2, 0.25) is 5.02 Å². The number of methoxy groups -OCH3 is 1. The molecule has 1 atom stereocenters. The van der Waals surface area contributed by atoms with Crippen molar-refractivity contribution in [1.82, 2.24) is 9.78 Å². The quantitative estimate of drug-likeness (QED) is 0.820. The molecule has 1 unspecified atom stereocenters. The number of aliphatic hydroxyl groups excluding tert-OH is 1. The maximum atomic E-state index is 10.5. The largest absolute Gasteiger partial charge is 0.398 e. The van der Waals surface area contributed by atoms with Gasteiger partial charge in [-0.1, -0.05) is 29.8 Å². The molecule has 0 spiro atoms. The molecule has 0 radical (unpaired) electrons. The van der Waals surface area contributed by atoms with Crippen molar-refractivity contribution in [3.05, 3.63) is 46.7 Å². The standard InChI is InChI=1S/C13H16ClN3O2/c1-19-7-6-17-12(10(14)8-16-17)13(18)9-4-2-3-5-11(9)15/h2-5,8,13,18H,6-7,15H2,1H3. The van der Waals surface area contributed by atoms with Gasteiger partial charge < -0.3 is 15.6 Å². The van der Waals surface area contributed by atoms with Crippen molar-refractivity contribution in [2.75, 3.05) is 19.5 Å². The maximum absolute atomic E-state index is 10.5. The van der Waals surface area contributed by atoms with Crippen LogP contribution in [0.25, 0.3) is 0 Å². The molecule has 0 aliphatic rings. The molecule has 0 aliphatic carbocycles. The second-order valence-corrected chi connectivity index (χ2v) is 4.53. The number of hydrogen-bond donors (Lipinski definition) is 2. The Morgan fingerprint density at radius 1 is 1.47 bits per heavy atom. The highest BCUT2D eigenvalue weighted by Gasteiger charge is 2.21. The summed E-state index contributed by atoms with van der Waals surface area (Å²) in [6.45, 7) is 1.00. The third-order valence-corrected chi connectivity index (χ3v) is 3.18. The number of rotatable bonds is 5. The molecule has 1 heterocycles. The number of nitrogens with zero attached hydrogens (tertiary/aromatic N) is 2. The van der Waals surface area contributed by atoms with Gasteiger partial charge >= 0.3 is 0 Å². The number of halogens is 1. The number of ether oxygens (including phenoxy) is 1. The number of benzene rings is 1. The van der Waals surface area contributed by atoms with Crippen LogP contribution in [0.15, 0.2) is 30.5 Å². The summed E-state index contributed by atoms with van der Waals surface area (Å²) in [7, 11) is 1.61. The molecular formula is C13H16ClN3O2. The minimum absolute atomic E-state index is 0.409. The second-order valence-electron chi connectivity index (χ2n) is 4.13. The van der Waals surface area contributed by atoms with Gasteiger partial charge in [0.1, 0.15) is 6.10 Å². The van der Waals surface area contributed by atoms with E-state index in [-0.39, 0.29) is 0 Å². The summed E-state index contributed by atoms with van der Waals surface area (Å²) in [6.07, 6.45) is 0.600. The van der Waals surface area contributed by atoms with Crippen LogP contribution in [-0.4, -0.2) is 28.6 Å². The third-order valence-electron chi connectivity index (χ3n) is 2.89. The molecule has 0 saturated heterocycles. The van der Waals surface area contributed by atoms with E-state index in [9.17, 15) is 5.11 Å². The van der Waals surface area contributed by atoms with E-state index >= 15 is 0 Å². The Labute approximate surface area is 116 Å². The van der Waals surface area contributed by atoms with Crippen molar-refractivity contribution in [2.45, 2.75) is 12.6 Å². The predicted molar refractivity (Wildman–Crippen MR) is 74.0 cm³/mol. The molecule has 19 heavy (non-hydrogen) atoms. The van der Waals surface area contributed by atoms with Gasteiger partial charge in [0, 0.05) is 18.4 Å². The van der Waals surface area contributed by atoms with Gasteiger partial charge in [-0.2, -0.15) is 5.10 Å². The van der Waals surface area contributed by atoms with E-state index in [1.807, 2.05) is 12.1 Å². The van der Waals surface area contributed by atoms with E-state index in [0.717, 1.165) is 0 Å². The average molecular weight is 282 g/mol. The minimum Gasteiger partial charge on any atom is -0.398 e. The molecule has 0 bridgehead atoms. The van der Waals surface area contributed by atoms with Crippen LogP contribution in [0, 0.1) is 0 Å². The number of nitrogen functional groups attached to an aromatic ring is 1. The highest BCUT2D eigenvalue weighted by Crippen LogP contribution is 2.30. The Hall–Kier alpha value is -1.56. The smallest absolute Gasteiger partial charge is 0.124 e. The van der Waals surface area contributed by atoms with Gasteiger partial charge in [0.05, 0.1) is 30.1 Å². The van der Waals surface area contributed by atoms with Crippen molar-refractivity contribution in [1.29, 1.82) is 0 Å². The molecule has 3 N–H and O–H groups in total. The Balaban J connectivity index is 2.35. The molecular weight excluding hydrogens is 266 g/mol. The first-order chi connectivity index (χ1) is 9.15. The molecule has 0 aliphatic heterocycles. The zero-order valence-electron chi connectivity index (χ0n) is 10.6. The molecule has 5 nitrogen and oxygen atoms in total. The number of nitrogens with two attached hydrogens (primary N) is 1. The van der Waals surface area contributed by atoms with Gasteiger partial charge in [0.25, 0.3) is 0 Å². The van der Waals surface area contributed by atoms with E-state index < -0.39 is 6.10 Å². The molecule has 2 aromatic rings. The molecule has 1 aromatic carbocycles. The summed E-state index contributed by atoms with van der Waals surface area (Å²) in [5.74, 6) is 0. The van der Waals surface area contributed by atoms with Crippen LogP contribution in [0.4, 0.5) is 5.69 Å². The molecule has 0 amide bonds. The topological polar surface area (TPSA) is 73.3 Å². The SMILES string of the molecule is COCCn1ncc(Cl)c1C(O)c1ccccc1N. The Morgan fingerprint density at radius 3 is 2.89 bits per heavy atom. The van der Waals surface area contributed by atoms with Gasteiger partial charge in [-0.05, 0) is 6.07 Å². The van der Waals surface area contributed by atoms with Crippen LogP contribution in [0.5, 0.6) is 0 Å². The summed E-state index contributed by atoms with van der Waals surface area (Å²) in [4.78, 5) is 0. The fraction of sp³-hybridized carbons (Fsp3) is 0.308. The molecule has 0 saturated carbocycles. The van der Waals surface area contributed by atoms with Crippen LogP contribution in [-0.2, 0) is 11.3 Å². The molecule has 2 rings (SSSR count). The maximum Gasteiger partial charge on any atom is 0.124 e. The van der Waals surface area contributed by atoms with E-state index in [1.165, 1.54) is 6.20 Å². The van der Waals surface area contributed by atoms with Gasteiger partial charge in [-0.25, -0.2) is 0 Å². The number of aliphatic hydroxyl groups is 1. The summed E-state index contributed by atoms with van der Waals surface area (Å²) < 4.78 is 6.64. The Bertz CT molecular complexity index is 557. The third kappa shape index (κ3) is 2.89. The molecule has 6 heteroatoms. The van der Waals surface area contributed by atoms with Crippen molar-refractivity contribution in [3.8, 4) is 0 Å². The lowest BCUT2D eigenvalue weighted by Crippen LogP contribution is -2.14. The first-order valence-corrected chi connectivity index (χ1v) is 6.25. The molecule has 0 fully saturated rings. The van der Waals surface area contributed by atoms with Crippen LogP contribution >= 0.6 is 11.6 Å². The lowest BCUT2D eigenvalue weighted by Gasteiger charge is -2.16. The number of hydrogen-bond acceptors (Lipinski definition) is 4. The first kappa shape index (κ1) is 13.9. The van der Waals surface area contributed by atoms with Gasteiger partial charge in [0.2, 0.25) is 0 Å². The zero-order chi connectivity index (χ0) is 13.8. The van der Waals surface area contributed by atoms with E-state index in [2.05, 4.69) is 5.10 Å². The highest BCUT2D eigenvalue weighted by molar-refractivity contribution is 6.31. The Kier molecular flexibility index (Phi) is 4.42. The van der Waals surface area contributed by atoms with Gasteiger partial charge in [0.15, 0.2) is 0 Å². The van der Waals surface area contributed by atoms with E-state index in [1.54, 1.807) is 23.9 Å². The molecule has 1 aromatic heterocycles. The zero-order valence-corrected chi connectivity index (χ0v) is 11.3. The summed E-state index contributed by atoms with van der Waals surface area (Å²) in [5, 5.41) is 15.0. The van der Waals surface area contributed by atoms with Crippen molar-refractivity contribution >= 4 is 17.3 Å². The first-order valence-electron chi connectivity index (χ1n) is 5.87. The van der Waals surface area contributed by atoms with Crippen molar-refractivity contribution in [2.24, 2.45) is 0 Å². The normalized spacial score (nSPS) is 12.6. The predicted octanol–water partition coefficient (Wildman–Crippen LogP) is 1.85. The van der Waals surface area contributed by atoms with E-state index in [4.69, 9.17) is 22.1 Å².